The summed E-state index contributed by atoms with van der Waals surface area (Å²) in [6.07, 6.45) is 2.15. The highest BCUT2D eigenvalue weighted by atomic mass is 16.2. The highest BCUT2D eigenvalue weighted by Gasteiger charge is 2.24. The van der Waals surface area contributed by atoms with Crippen molar-refractivity contribution in [3.8, 4) is 0 Å². The highest BCUT2D eigenvalue weighted by molar-refractivity contribution is 5.95. The number of fused-ring (bicyclic) bond motifs is 1. The van der Waals surface area contributed by atoms with Crippen molar-refractivity contribution < 1.29 is 4.79 Å². The van der Waals surface area contributed by atoms with E-state index in [-0.39, 0.29) is 42.6 Å². The van der Waals surface area contributed by atoms with E-state index < -0.39 is 11.2 Å². The Kier molecular flexibility index (Phi) is 7.57. The second kappa shape index (κ2) is 10.4. The first-order chi connectivity index (χ1) is 15.8. The summed E-state index contributed by atoms with van der Waals surface area (Å²) in [6, 6.07) is 7.45. The third-order valence-corrected chi connectivity index (χ3v) is 5.76. The molecule has 10 heteroatoms. The Morgan fingerprint density at radius 2 is 1.64 bits per heavy atom. The Hall–Kier alpha value is -3.56. The zero-order chi connectivity index (χ0) is 24.1. The standard InChI is InChI=1S/C23H32N6O4/c1-4-7-14-29-20(24)19(21(31)25-22(29)32)28(13-5-2)18(30)12-15-27-17-11-9-8-10-16(17)26(6-3)23(27)33/h8-11H,4-7,12-15,24H2,1-3H3,(H,25,31,32). The van der Waals surface area contributed by atoms with Gasteiger partial charge in [0.05, 0.1) is 11.0 Å². The van der Waals surface area contributed by atoms with Crippen LogP contribution >= 0.6 is 0 Å². The van der Waals surface area contributed by atoms with Crippen molar-refractivity contribution in [3.05, 3.63) is 55.6 Å². The smallest absolute Gasteiger partial charge is 0.330 e. The Labute approximate surface area is 191 Å². The fourth-order valence-electron chi connectivity index (χ4n) is 4.10. The average Bonchev–Trinajstić information content (AvgIpc) is 3.06. The number of H-pyrrole nitrogens is 1. The minimum atomic E-state index is -0.688. The first-order valence-electron chi connectivity index (χ1n) is 11.5. The third kappa shape index (κ3) is 4.64. The van der Waals surface area contributed by atoms with Crippen LogP contribution in [-0.2, 0) is 24.4 Å². The molecule has 3 aromatic rings. The summed E-state index contributed by atoms with van der Waals surface area (Å²) in [5.74, 6) is -0.353. The molecule has 2 heterocycles. The van der Waals surface area contributed by atoms with Gasteiger partial charge in [0.2, 0.25) is 5.91 Å². The lowest BCUT2D eigenvalue weighted by Crippen LogP contribution is -2.42. The summed E-state index contributed by atoms with van der Waals surface area (Å²) >= 11 is 0. The number of nitrogens with two attached hydrogens (primary N) is 1. The first kappa shape index (κ1) is 24.1. The molecule has 33 heavy (non-hydrogen) atoms. The van der Waals surface area contributed by atoms with Crippen LogP contribution in [0.2, 0.25) is 0 Å². The maximum absolute atomic E-state index is 13.3. The molecule has 0 aliphatic rings. The Balaban J connectivity index is 1.95. The van der Waals surface area contributed by atoms with Crippen LogP contribution in [-0.4, -0.2) is 31.1 Å². The van der Waals surface area contributed by atoms with E-state index in [0.29, 0.717) is 25.9 Å². The zero-order valence-corrected chi connectivity index (χ0v) is 19.5. The molecule has 1 aromatic carbocycles. The van der Waals surface area contributed by atoms with Gasteiger partial charge in [-0.2, -0.15) is 0 Å². The molecule has 178 valence electrons. The van der Waals surface area contributed by atoms with Crippen LogP contribution in [0.25, 0.3) is 11.0 Å². The summed E-state index contributed by atoms with van der Waals surface area (Å²) in [5, 5.41) is 0. The number of unbranched alkanes of at least 4 members (excludes halogenated alkanes) is 1. The number of nitrogens with one attached hydrogen (secondary N) is 1. The minimum Gasteiger partial charge on any atom is -0.383 e. The number of aryl methyl sites for hydroxylation is 2. The maximum Gasteiger partial charge on any atom is 0.330 e. The molecule has 0 bridgehead atoms. The molecule has 0 radical (unpaired) electrons. The number of rotatable bonds is 10. The largest absolute Gasteiger partial charge is 0.383 e. The predicted molar refractivity (Wildman–Crippen MR) is 130 cm³/mol. The van der Waals surface area contributed by atoms with Crippen LogP contribution in [0.15, 0.2) is 38.6 Å². The van der Waals surface area contributed by atoms with E-state index in [0.717, 1.165) is 17.5 Å². The van der Waals surface area contributed by atoms with Crippen LogP contribution in [0.5, 0.6) is 0 Å². The molecule has 0 saturated heterocycles. The molecule has 0 unspecified atom stereocenters. The molecule has 3 rings (SSSR count). The molecule has 0 fully saturated rings. The van der Waals surface area contributed by atoms with Crippen molar-refractivity contribution in [2.45, 2.75) is 66.1 Å². The lowest BCUT2D eigenvalue weighted by atomic mass is 10.2. The number of para-hydroxylation sites is 2. The molecule has 0 aliphatic carbocycles. The van der Waals surface area contributed by atoms with E-state index in [2.05, 4.69) is 4.98 Å². The van der Waals surface area contributed by atoms with Crippen molar-refractivity contribution in [3.63, 3.8) is 0 Å². The van der Waals surface area contributed by atoms with Crippen molar-refractivity contribution in [2.75, 3.05) is 17.2 Å². The molecular weight excluding hydrogens is 424 g/mol. The maximum atomic E-state index is 13.3. The fraction of sp³-hybridized carbons (Fsp3) is 0.478. The molecule has 0 spiro atoms. The highest BCUT2D eigenvalue weighted by Crippen LogP contribution is 2.19. The van der Waals surface area contributed by atoms with Gasteiger partial charge >= 0.3 is 11.4 Å². The molecule has 1 amide bonds. The monoisotopic (exact) mass is 456 g/mol. The Morgan fingerprint density at radius 1 is 0.970 bits per heavy atom. The van der Waals surface area contributed by atoms with E-state index in [1.54, 1.807) is 9.13 Å². The topological polar surface area (TPSA) is 128 Å². The van der Waals surface area contributed by atoms with Crippen molar-refractivity contribution >= 4 is 28.4 Å². The first-order valence-corrected chi connectivity index (χ1v) is 11.5. The number of carbonyl (C=O) groups is 1. The van der Waals surface area contributed by atoms with Gasteiger partial charge in [0, 0.05) is 32.6 Å². The summed E-state index contributed by atoms with van der Waals surface area (Å²) < 4.78 is 4.54. The normalized spacial score (nSPS) is 11.2. The second-order valence-electron chi connectivity index (χ2n) is 7.96. The average molecular weight is 457 g/mol. The number of hydrogen-bond donors (Lipinski definition) is 2. The lowest BCUT2D eigenvalue weighted by Gasteiger charge is -2.24. The molecule has 10 nitrogen and oxygen atoms in total. The van der Waals surface area contributed by atoms with E-state index in [4.69, 9.17) is 5.73 Å². The number of nitrogen functional groups attached to an aromatic ring is 1. The predicted octanol–water partition coefficient (Wildman–Crippen LogP) is 1.89. The van der Waals surface area contributed by atoms with Crippen LogP contribution in [0.3, 0.4) is 0 Å². The number of anilines is 2. The lowest BCUT2D eigenvalue weighted by molar-refractivity contribution is -0.118. The minimum absolute atomic E-state index is 0.00456. The van der Waals surface area contributed by atoms with Crippen molar-refractivity contribution in [2.24, 2.45) is 0 Å². The van der Waals surface area contributed by atoms with Gasteiger partial charge in [-0.05, 0) is 31.9 Å². The molecule has 2 aromatic heterocycles. The number of nitrogens with zero attached hydrogens (tertiary/aromatic N) is 4. The van der Waals surface area contributed by atoms with Gasteiger partial charge in [-0.15, -0.1) is 0 Å². The van der Waals surface area contributed by atoms with E-state index in [9.17, 15) is 19.2 Å². The second-order valence-corrected chi connectivity index (χ2v) is 7.96. The number of benzene rings is 1. The summed E-state index contributed by atoms with van der Waals surface area (Å²) in [6.45, 7) is 7.07. The number of hydrogen-bond acceptors (Lipinski definition) is 5. The van der Waals surface area contributed by atoms with Crippen LogP contribution < -0.4 is 27.6 Å². The Morgan fingerprint density at radius 3 is 2.24 bits per heavy atom. The van der Waals surface area contributed by atoms with E-state index >= 15 is 0 Å². The number of amides is 1. The molecule has 0 saturated carbocycles. The number of aromatic nitrogens is 4. The summed E-state index contributed by atoms with van der Waals surface area (Å²) in [5.41, 5.74) is 6.31. The molecule has 0 aliphatic heterocycles. The van der Waals surface area contributed by atoms with Crippen LogP contribution in [0.1, 0.15) is 46.5 Å². The zero-order valence-electron chi connectivity index (χ0n) is 19.5. The molecule has 3 N–H and O–H groups in total. The number of imidazole rings is 1. The van der Waals surface area contributed by atoms with Gasteiger partial charge in [-0.1, -0.05) is 32.4 Å². The third-order valence-electron chi connectivity index (χ3n) is 5.76. The summed E-state index contributed by atoms with van der Waals surface area (Å²) in [7, 11) is 0. The van der Waals surface area contributed by atoms with Crippen molar-refractivity contribution in [1.29, 1.82) is 0 Å². The van der Waals surface area contributed by atoms with Gasteiger partial charge in [-0.3, -0.25) is 28.3 Å². The van der Waals surface area contributed by atoms with Gasteiger partial charge in [0.1, 0.15) is 5.82 Å². The van der Waals surface area contributed by atoms with Gasteiger partial charge in [-0.25, -0.2) is 9.59 Å². The molecular formula is C23H32N6O4. The number of carbonyl (C=O) groups excluding carboxylic acids is 1. The van der Waals surface area contributed by atoms with Gasteiger partial charge < -0.3 is 10.6 Å². The van der Waals surface area contributed by atoms with Crippen LogP contribution in [0, 0.1) is 0 Å². The Bertz CT molecular complexity index is 1310. The van der Waals surface area contributed by atoms with Crippen molar-refractivity contribution in [1.82, 2.24) is 18.7 Å². The van der Waals surface area contributed by atoms with E-state index in [1.165, 1.54) is 9.47 Å². The fourth-order valence-corrected chi connectivity index (χ4v) is 4.10. The number of aromatic amines is 1. The SMILES string of the molecule is CCCCn1c(N)c(N(CCC)C(=O)CCn2c(=O)n(CC)c3ccccc32)c(=O)[nH]c1=O. The van der Waals surface area contributed by atoms with Crippen LogP contribution in [0.4, 0.5) is 11.5 Å². The summed E-state index contributed by atoms with van der Waals surface area (Å²) in [4.78, 5) is 54.7. The van der Waals surface area contributed by atoms with Gasteiger partial charge in [0.25, 0.3) is 5.56 Å². The van der Waals surface area contributed by atoms with E-state index in [1.807, 2.05) is 45.0 Å². The quantitative estimate of drug-likeness (QED) is 0.481. The molecule has 0 atom stereocenters. The van der Waals surface area contributed by atoms with Gasteiger partial charge in [0.15, 0.2) is 5.69 Å².